The van der Waals surface area contributed by atoms with Gasteiger partial charge in [-0.3, -0.25) is 4.79 Å². The number of hydrogen-bond donors (Lipinski definition) is 4. The van der Waals surface area contributed by atoms with Crippen LogP contribution in [0.4, 0.5) is 0 Å². The summed E-state index contributed by atoms with van der Waals surface area (Å²) in [5.41, 5.74) is 5.34. The third-order valence-electron chi connectivity index (χ3n) is 2.24. The van der Waals surface area contributed by atoms with E-state index in [0.29, 0.717) is 5.56 Å². The summed E-state index contributed by atoms with van der Waals surface area (Å²) in [6.07, 6.45) is 0. The van der Waals surface area contributed by atoms with E-state index in [-0.39, 0.29) is 11.1 Å². The average molecular weight is 225 g/mol. The quantitative estimate of drug-likeness (QED) is 0.593. The first-order chi connectivity index (χ1) is 7.36. The summed E-state index contributed by atoms with van der Waals surface area (Å²) < 4.78 is 0. The predicted molar refractivity (Wildman–Crippen MR) is 54.4 cm³/mol. The number of nitrogens with two attached hydrogens (primary N) is 1. The summed E-state index contributed by atoms with van der Waals surface area (Å²) in [5, 5.41) is 27.1. The third kappa shape index (κ3) is 1.96. The van der Waals surface area contributed by atoms with Crippen LogP contribution in [0.3, 0.4) is 0 Å². The lowest BCUT2D eigenvalue weighted by Gasteiger charge is -2.13. The second-order valence-corrected chi connectivity index (χ2v) is 3.31. The van der Waals surface area contributed by atoms with E-state index in [1.807, 2.05) is 0 Å². The molecule has 0 amide bonds. The van der Waals surface area contributed by atoms with Gasteiger partial charge in [-0.1, -0.05) is 6.07 Å². The van der Waals surface area contributed by atoms with Crippen molar-refractivity contribution in [1.29, 1.82) is 0 Å². The van der Waals surface area contributed by atoms with Crippen LogP contribution in [0.2, 0.25) is 0 Å². The number of aryl methyl sites for hydroxylation is 1. The minimum absolute atomic E-state index is 0.0765. The highest BCUT2D eigenvalue weighted by Crippen LogP contribution is 2.30. The van der Waals surface area contributed by atoms with Gasteiger partial charge in [0.05, 0.1) is 0 Å². The molecule has 0 fully saturated rings. The number of benzene rings is 1. The van der Waals surface area contributed by atoms with Gasteiger partial charge in [-0.25, -0.2) is 4.79 Å². The SMILES string of the molecule is Cc1ccc(C(=O)O)c(O)c1[C@H](N)C(=O)O. The highest BCUT2D eigenvalue weighted by atomic mass is 16.4. The number of aromatic carboxylic acids is 1. The van der Waals surface area contributed by atoms with Gasteiger partial charge in [-0.15, -0.1) is 0 Å². The Kier molecular flexibility index (Phi) is 3.14. The maximum atomic E-state index is 10.7. The molecule has 86 valence electrons. The first-order valence-corrected chi connectivity index (χ1v) is 4.40. The molecule has 0 aliphatic carbocycles. The van der Waals surface area contributed by atoms with Crippen LogP contribution in [0.5, 0.6) is 5.75 Å². The van der Waals surface area contributed by atoms with Crippen molar-refractivity contribution in [2.45, 2.75) is 13.0 Å². The fraction of sp³-hybridized carbons (Fsp3) is 0.200. The number of aromatic hydroxyl groups is 1. The Morgan fingerprint density at radius 1 is 1.31 bits per heavy atom. The number of phenols is 1. The van der Waals surface area contributed by atoms with Crippen molar-refractivity contribution < 1.29 is 24.9 Å². The van der Waals surface area contributed by atoms with Gasteiger partial charge in [-0.2, -0.15) is 0 Å². The minimum atomic E-state index is -1.45. The smallest absolute Gasteiger partial charge is 0.339 e. The summed E-state index contributed by atoms with van der Waals surface area (Å²) in [6.45, 7) is 1.55. The lowest BCUT2D eigenvalue weighted by molar-refractivity contribution is -0.138. The van der Waals surface area contributed by atoms with Crippen LogP contribution in [-0.2, 0) is 4.79 Å². The first kappa shape index (κ1) is 12.0. The molecule has 0 heterocycles. The van der Waals surface area contributed by atoms with Crippen molar-refractivity contribution in [3.05, 3.63) is 28.8 Å². The summed E-state index contributed by atoms with van der Waals surface area (Å²) in [7, 11) is 0. The standard InChI is InChI=1S/C10H11NO5/c1-4-2-3-5(9(13)14)8(12)6(4)7(11)10(15)16/h2-3,7,12H,11H2,1H3,(H,13,14)(H,15,16)/t7-/m0/s1. The van der Waals surface area contributed by atoms with E-state index in [9.17, 15) is 14.7 Å². The van der Waals surface area contributed by atoms with E-state index in [0.717, 1.165) is 0 Å². The van der Waals surface area contributed by atoms with Crippen LogP contribution < -0.4 is 5.73 Å². The van der Waals surface area contributed by atoms with Crippen molar-refractivity contribution >= 4 is 11.9 Å². The van der Waals surface area contributed by atoms with Gasteiger partial charge in [0.2, 0.25) is 0 Å². The monoisotopic (exact) mass is 225 g/mol. The maximum Gasteiger partial charge on any atom is 0.339 e. The molecule has 6 nitrogen and oxygen atoms in total. The van der Waals surface area contributed by atoms with Gasteiger partial charge in [0, 0.05) is 5.56 Å². The molecule has 1 atom stereocenters. The Bertz CT molecular complexity index is 455. The molecule has 0 unspecified atom stereocenters. The van der Waals surface area contributed by atoms with Crippen molar-refractivity contribution in [2.75, 3.05) is 0 Å². The predicted octanol–water partition coefficient (Wildman–Crippen LogP) is 0.483. The largest absolute Gasteiger partial charge is 0.507 e. The molecule has 0 aliphatic rings. The number of carboxylic acid groups (broad SMARTS) is 2. The molecular weight excluding hydrogens is 214 g/mol. The van der Waals surface area contributed by atoms with Gasteiger partial charge in [0.15, 0.2) is 0 Å². The Balaban J connectivity index is 3.43. The summed E-state index contributed by atoms with van der Waals surface area (Å²) in [6, 6.07) is 1.16. The Morgan fingerprint density at radius 2 is 1.88 bits per heavy atom. The highest BCUT2D eigenvalue weighted by molar-refractivity contribution is 5.92. The number of hydrogen-bond acceptors (Lipinski definition) is 4. The lowest BCUT2D eigenvalue weighted by Crippen LogP contribution is -2.22. The van der Waals surface area contributed by atoms with Crippen molar-refractivity contribution in [2.24, 2.45) is 5.73 Å². The van der Waals surface area contributed by atoms with Crippen molar-refractivity contribution in [3.8, 4) is 5.75 Å². The van der Waals surface area contributed by atoms with E-state index in [2.05, 4.69) is 0 Å². The molecule has 1 aromatic carbocycles. The number of aliphatic carboxylic acids is 1. The van der Waals surface area contributed by atoms with Crippen LogP contribution in [-0.4, -0.2) is 27.3 Å². The molecule has 6 heteroatoms. The fourth-order valence-corrected chi connectivity index (χ4v) is 1.40. The highest BCUT2D eigenvalue weighted by Gasteiger charge is 2.24. The zero-order chi connectivity index (χ0) is 12.5. The third-order valence-corrected chi connectivity index (χ3v) is 2.24. The number of carbonyl (C=O) groups is 2. The molecule has 0 aromatic heterocycles. The summed E-state index contributed by atoms with van der Waals surface area (Å²) in [5.74, 6) is -3.26. The van der Waals surface area contributed by atoms with Gasteiger partial charge in [0.1, 0.15) is 17.4 Å². The van der Waals surface area contributed by atoms with Crippen molar-refractivity contribution in [3.63, 3.8) is 0 Å². The first-order valence-electron chi connectivity index (χ1n) is 4.40. The van der Waals surface area contributed by atoms with Gasteiger partial charge in [-0.05, 0) is 18.6 Å². The molecule has 0 radical (unpaired) electrons. The fourth-order valence-electron chi connectivity index (χ4n) is 1.40. The second kappa shape index (κ2) is 4.19. The molecule has 0 saturated carbocycles. The van der Waals surface area contributed by atoms with E-state index >= 15 is 0 Å². The molecule has 0 aliphatic heterocycles. The molecule has 5 N–H and O–H groups in total. The van der Waals surface area contributed by atoms with E-state index in [4.69, 9.17) is 15.9 Å². The molecule has 16 heavy (non-hydrogen) atoms. The van der Waals surface area contributed by atoms with E-state index in [1.54, 1.807) is 6.92 Å². The van der Waals surface area contributed by atoms with Gasteiger partial charge < -0.3 is 21.1 Å². The average Bonchev–Trinajstić information content (AvgIpc) is 2.16. The molecule has 1 aromatic rings. The minimum Gasteiger partial charge on any atom is -0.507 e. The molecule has 0 bridgehead atoms. The Hall–Kier alpha value is -2.08. The molecule has 0 saturated heterocycles. The normalized spacial score (nSPS) is 12.1. The van der Waals surface area contributed by atoms with Crippen LogP contribution >= 0.6 is 0 Å². The molecule has 1 rings (SSSR count). The van der Waals surface area contributed by atoms with Gasteiger partial charge in [0.25, 0.3) is 0 Å². The van der Waals surface area contributed by atoms with Crippen molar-refractivity contribution in [1.82, 2.24) is 0 Å². The van der Waals surface area contributed by atoms with Gasteiger partial charge >= 0.3 is 11.9 Å². The summed E-state index contributed by atoms with van der Waals surface area (Å²) >= 11 is 0. The van der Waals surface area contributed by atoms with Crippen LogP contribution in [0.1, 0.15) is 27.5 Å². The van der Waals surface area contributed by atoms with Crippen LogP contribution in [0.15, 0.2) is 12.1 Å². The van der Waals surface area contributed by atoms with Crippen LogP contribution in [0, 0.1) is 6.92 Å². The second-order valence-electron chi connectivity index (χ2n) is 3.31. The Labute approximate surface area is 90.9 Å². The molecule has 0 spiro atoms. The zero-order valence-corrected chi connectivity index (χ0v) is 8.47. The van der Waals surface area contributed by atoms with E-state index < -0.39 is 23.7 Å². The number of rotatable bonds is 3. The lowest BCUT2D eigenvalue weighted by atomic mass is 9.97. The van der Waals surface area contributed by atoms with Crippen LogP contribution in [0.25, 0.3) is 0 Å². The maximum absolute atomic E-state index is 10.7. The summed E-state index contributed by atoms with van der Waals surface area (Å²) in [4.78, 5) is 21.4. The molecular formula is C10H11NO5. The van der Waals surface area contributed by atoms with E-state index in [1.165, 1.54) is 12.1 Å². The Morgan fingerprint density at radius 3 is 2.31 bits per heavy atom. The topological polar surface area (TPSA) is 121 Å². The zero-order valence-electron chi connectivity index (χ0n) is 8.47. The number of carboxylic acids is 2.